The lowest BCUT2D eigenvalue weighted by molar-refractivity contribution is -0.122. The van der Waals surface area contributed by atoms with Crippen LogP contribution >= 0.6 is 11.3 Å². The van der Waals surface area contributed by atoms with Crippen LogP contribution in [0.2, 0.25) is 0 Å². The van der Waals surface area contributed by atoms with Crippen LogP contribution in [0.3, 0.4) is 0 Å². The number of carbonyl (C=O) groups is 1. The maximum absolute atomic E-state index is 12.7. The van der Waals surface area contributed by atoms with Gasteiger partial charge in [0.15, 0.2) is 0 Å². The summed E-state index contributed by atoms with van der Waals surface area (Å²) in [7, 11) is 1.89. The lowest BCUT2D eigenvalue weighted by Gasteiger charge is -2.22. The van der Waals surface area contributed by atoms with Crippen LogP contribution in [0.25, 0.3) is 0 Å². The molecule has 29 heavy (non-hydrogen) atoms. The Balaban J connectivity index is 1.71. The van der Waals surface area contributed by atoms with Crippen LogP contribution in [0.15, 0.2) is 71.4 Å². The first-order valence-electron chi connectivity index (χ1n) is 9.10. The van der Waals surface area contributed by atoms with Crippen LogP contribution in [0.4, 0.5) is 8.78 Å². The molecule has 0 aliphatic heterocycles. The monoisotopic (exact) mass is 416 g/mol. The lowest BCUT2D eigenvalue weighted by atomic mass is 9.98. The van der Waals surface area contributed by atoms with E-state index in [0.717, 1.165) is 11.1 Å². The van der Waals surface area contributed by atoms with E-state index in [9.17, 15) is 13.6 Å². The highest BCUT2D eigenvalue weighted by Crippen LogP contribution is 2.25. The zero-order chi connectivity index (χ0) is 20.6. The van der Waals surface area contributed by atoms with E-state index in [1.165, 1.54) is 17.7 Å². The second kappa shape index (κ2) is 10.1. The van der Waals surface area contributed by atoms with Gasteiger partial charge in [-0.25, -0.2) is 0 Å². The number of benzene rings is 2. The minimum absolute atomic E-state index is 0.0809. The number of likely N-dealkylation sites (N-methyl/N-ethyl adjacent to an activating group) is 1. The fraction of sp³-hybridized carbons (Fsp3) is 0.227. The first kappa shape index (κ1) is 21.0. The molecule has 1 aromatic heterocycles. The third-order valence-electron chi connectivity index (χ3n) is 4.32. The zero-order valence-corrected chi connectivity index (χ0v) is 16.7. The predicted molar refractivity (Wildman–Crippen MR) is 110 cm³/mol. The molecule has 0 aliphatic carbocycles. The summed E-state index contributed by atoms with van der Waals surface area (Å²) in [6.07, 6.45) is 0. The minimum atomic E-state index is -2.87. The van der Waals surface area contributed by atoms with Gasteiger partial charge in [-0.1, -0.05) is 42.5 Å². The Labute approximate surface area is 172 Å². The van der Waals surface area contributed by atoms with Gasteiger partial charge in [-0.2, -0.15) is 20.1 Å². The Bertz CT molecular complexity index is 887. The summed E-state index contributed by atoms with van der Waals surface area (Å²) >= 11 is 1.63. The van der Waals surface area contributed by atoms with Crippen molar-refractivity contribution >= 4 is 17.2 Å². The number of halogens is 2. The van der Waals surface area contributed by atoms with Crippen molar-refractivity contribution in [3.05, 3.63) is 88.1 Å². The molecule has 0 bridgehead atoms. The highest BCUT2D eigenvalue weighted by Gasteiger charge is 2.18. The van der Waals surface area contributed by atoms with E-state index in [4.69, 9.17) is 0 Å². The summed E-state index contributed by atoms with van der Waals surface area (Å²) in [6, 6.07) is 17.5. The van der Waals surface area contributed by atoms with E-state index in [0.29, 0.717) is 6.54 Å². The fourth-order valence-electron chi connectivity index (χ4n) is 3.05. The second-order valence-electron chi connectivity index (χ2n) is 6.66. The topological polar surface area (TPSA) is 41.6 Å². The van der Waals surface area contributed by atoms with Crippen LogP contribution in [-0.4, -0.2) is 31.0 Å². The smallest absolute Gasteiger partial charge is 0.387 e. The number of nitrogens with one attached hydrogen (secondary N) is 1. The van der Waals surface area contributed by atoms with Gasteiger partial charge in [0.1, 0.15) is 5.75 Å². The molecule has 0 fully saturated rings. The molecule has 0 unspecified atom stereocenters. The molecule has 0 saturated carbocycles. The molecule has 4 nitrogen and oxygen atoms in total. The van der Waals surface area contributed by atoms with E-state index in [-0.39, 0.29) is 24.2 Å². The SMILES string of the molecule is CN(CC(=O)N[C@@H](c1ccccc1)c1ccc(OC(F)F)cc1)Cc1ccsc1. The van der Waals surface area contributed by atoms with Crippen molar-refractivity contribution in [2.75, 3.05) is 13.6 Å². The van der Waals surface area contributed by atoms with Crippen LogP contribution < -0.4 is 10.1 Å². The summed E-state index contributed by atoms with van der Waals surface area (Å²) in [6.45, 7) is -1.94. The molecule has 1 N–H and O–H groups in total. The minimum Gasteiger partial charge on any atom is -0.435 e. The van der Waals surface area contributed by atoms with Crippen molar-refractivity contribution in [1.29, 1.82) is 0 Å². The molecule has 3 rings (SSSR count). The van der Waals surface area contributed by atoms with Crippen molar-refractivity contribution in [2.45, 2.75) is 19.2 Å². The van der Waals surface area contributed by atoms with E-state index in [1.54, 1.807) is 23.5 Å². The van der Waals surface area contributed by atoms with Gasteiger partial charge < -0.3 is 10.1 Å². The Hall–Kier alpha value is -2.77. The summed E-state index contributed by atoms with van der Waals surface area (Å²) in [5.74, 6) is -0.0399. The van der Waals surface area contributed by atoms with Crippen LogP contribution in [-0.2, 0) is 11.3 Å². The largest absolute Gasteiger partial charge is 0.435 e. The fourth-order valence-corrected chi connectivity index (χ4v) is 3.71. The molecule has 1 heterocycles. The summed E-state index contributed by atoms with van der Waals surface area (Å²) < 4.78 is 29.2. The Kier molecular flexibility index (Phi) is 7.32. The Morgan fingerprint density at radius 2 is 1.76 bits per heavy atom. The number of thiophene rings is 1. The van der Waals surface area contributed by atoms with Crippen molar-refractivity contribution in [2.24, 2.45) is 0 Å². The van der Waals surface area contributed by atoms with Crippen molar-refractivity contribution < 1.29 is 18.3 Å². The van der Waals surface area contributed by atoms with Crippen molar-refractivity contribution in [3.63, 3.8) is 0 Å². The van der Waals surface area contributed by atoms with Gasteiger partial charge in [-0.3, -0.25) is 9.69 Å². The van der Waals surface area contributed by atoms with Crippen LogP contribution in [0.1, 0.15) is 22.7 Å². The number of hydrogen-bond acceptors (Lipinski definition) is 4. The summed E-state index contributed by atoms with van der Waals surface area (Å²) in [4.78, 5) is 14.6. The van der Waals surface area contributed by atoms with Gasteiger partial charge in [0.2, 0.25) is 5.91 Å². The molecule has 0 radical (unpaired) electrons. The molecule has 1 amide bonds. The Morgan fingerprint density at radius 3 is 2.38 bits per heavy atom. The highest BCUT2D eigenvalue weighted by atomic mass is 32.1. The maximum Gasteiger partial charge on any atom is 0.387 e. The molecule has 0 saturated heterocycles. The van der Waals surface area contributed by atoms with Gasteiger partial charge in [-0.15, -0.1) is 0 Å². The molecule has 2 aromatic carbocycles. The third-order valence-corrected chi connectivity index (χ3v) is 5.06. The normalized spacial score (nSPS) is 12.2. The van der Waals surface area contributed by atoms with Gasteiger partial charge in [0, 0.05) is 6.54 Å². The maximum atomic E-state index is 12.7. The van der Waals surface area contributed by atoms with Crippen LogP contribution in [0.5, 0.6) is 5.75 Å². The van der Waals surface area contributed by atoms with Gasteiger partial charge >= 0.3 is 6.61 Å². The molecule has 1 atom stereocenters. The molecular weight excluding hydrogens is 394 g/mol. The van der Waals surface area contributed by atoms with Crippen LogP contribution in [0, 0.1) is 0 Å². The average molecular weight is 416 g/mol. The molecule has 0 spiro atoms. The van der Waals surface area contributed by atoms with Crippen molar-refractivity contribution in [1.82, 2.24) is 10.2 Å². The highest BCUT2D eigenvalue weighted by molar-refractivity contribution is 7.07. The standard InChI is InChI=1S/C22H22F2N2O2S/c1-26(13-16-11-12-29-15-16)14-20(27)25-21(17-5-3-2-4-6-17)18-7-9-19(10-8-18)28-22(23)24/h2-12,15,21-22H,13-14H2,1H3,(H,25,27)/t21-/m0/s1. The van der Waals surface area contributed by atoms with E-state index >= 15 is 0 Å². The first-order chi connectivity index (χ1) is 14.0. The predicted octanol–water partition coefficient (Wildman–Crippen LogP) is 4.69. The molecule has 3 aromatic rings. The zero-order valence-electron chi connectivity index (χ0n) is 15.9. The van der Waals surface area contributed by atoms with Gasteiger partial charge in [0.05, 0.1) is 12.6 Å². The molecule has 152 valence electrons. The number of rotatable bonds is 9. The van der Waals surface area contributed by atoms with E-state index < -0.39 is 6.61 Å². The summed E-state index contributed by atoms with van der Waals surface area (Å²) in [5.41, 5.74) is 2.86. The second-order valence-corrected chi connectivity index (χ2v) is 7.44. The summed E-state index contributed by atoms with van der Waals surface area (Å²) in [5, 5.41) is 7.12. The molecule has 0 aliphatic rings. The van der Waals surface area contributed by atoms with Gasteiger partial charge in [0.25, 0.3) is 0 Å². The number of carbonyl (C=O) groups excluding carboxylic acids is 1. The number of hydrogen-bond donors (Lipinski definition) is 1. The number of amides is 1. The average Bonchev–Trinajstić information content (AvgIpc) is 3.20. The van der Waals surface area contributed by atoms with Gasteiger partial charge in [-0.05, 0) is 52.7 Å². The van der Waals surface area contributed by atoms with E-state index in [2.05, 4.69) is 15.4 Å². The quantitative estimate of drug-likeness (QED) is 0.550. The number of nitrogens with zero attached hydrogens (tertiary/aromatic N) is 1. The first-order valence-corrected chi connectivity index (χ1v) is 10.0. The molecular formula is C22H22F2N2O2S. The molecule has 7 heteroatoms. The number of ether oxygens (including phenoxy) is 1. The van der Waals surface area contributed by atoms with Crippen molar-refractivity contribution in [3.8, 4) is 5.75 Å². The van der Waals surface area contributed by atoms with E-state index in [1.807, 2.05) is 53.7 Å². The third kappa shape index (κ3) is 6.37. The number of alkyl halides is 2. The Morgan fingerprint density at radius 1 is 1.07 bits per heavy atom. The lowest BCUT2D eigenvalue weighted by Crippen LogP contribution is -2.37.